The van der Waals surface area contributed by atoms with Crippen LogP contribution >= 0.6 is 0 Å². The highest BCUT2D eigenvalue weighted by Gasteiger charge is 2.62. The molecule has 3 aliphatic carbocycles. The third-order valence-electron chi connectivity index (χ3n) is 12.2. The van der Waals surface area contributed by atoms with E-state index in [9.17, 15) is 9.90 Å². The molecule has 4 heteroatoms. The van der Waals surface area contributed by atoms with E-state index in [0.717, 1.165) is 63.5 Å². The molecule has 2 aromatic carbocycles. The summed E-state index contributed by atoms with van der Waals surface area (Å²) in [6.45, 7) is 2.45. The van der Waals surface area contributed by atoms with Crippen molar-refractivity contribution in [1.29, 1.82) is 0 Å². The number of carbonyl (C=O) groups is 1. The first-order valence-electron chi connectivity index (χ1n) is 17.2. The Morgan fingerprint density at radius 2 is 1.60 bits per heavy atom. The van der Waals surface area contributed by atoms with Gasteiger partial charge < -0.3 is 14.9 Å². The van der Waals surface area contributed by atoms with Crippen molar-refractivity contribution >= 4 is 5.97 Å². The van der Waals surface area contributed by atoms with Crippen molar-refractivity contribution < 1.29 is 19.7 Å². The van der Waals surface area contributed by atoms with E-state index >= 15 is 0 Å². The van der Waals surface area contributed by atoms with Gasteiger partial charge in [-0.2, -0.15) is 0 Å². The predicted octanol–water partition coefficient (Wildman–Crippen LogP) is 9.40. The van der Waals surface area contributed by atoms with Crippen LogP contribution in [0.1, 0.15) is 138 Å². The first kappa shape index (κ1) is 29.7. The monoisotopic (exact) mass is 572 g/mol. The third-order valence-corrected chi connectivity index (χ3v) is 12.2. The summed E-state index contributed by atoms with van der Waals surface area (Å²) in [5.74, 6) is 2.89. The van der Waals surface area contributed by atoms with Gasteiger partial charge >= 0.3 is 5.97 Å². The lowest BCUT2D eigenvalue weighted by atomic mass is 9.50. The highest BCUT2D eigenvalue weighted by atomic mass is 16.5. The molecule has 4 heterocycles. The van der Waals surface area contributed by atoms with Gasteiger partial charge in [-0.3, -0.25) is 4.79 Å². The molecule has 7 atom stereocenters. The highest BCUT2D eigenvalue weighted by molar-refractivity contribution is 5.66. The summed E-state index contributed by atoms with van der Waals surface area (Å²) in [4.78, 5) is 10.7. The Hall–Kier alpha value is -2.33. The second kappa shape index (κ2) is 12.7. The molecule has 42 heavy (non-hydrogen) atoms. The molecule has 0 aromatic heterocycles. The average Bonchev–Trinajstić information content (AvgIpc) is 3.26. The van der Waals surface area contributed by atoms with E-state index < -0.39 is 11.6 Å². The average molecular weight is 573 g/mol. The Morgan fingerprint density at radius 1 is 0.881 bits per heavy atom. The van der Waals surface area contributed by atoms with E-state index in [0.29, 0.717) is 30.1 Å². The fraction of sp³-hybridized carbons (Fsp3) is 0.658. The number of aliphatic hydroxyl groups is 1. The van der Waals surface area contributed by atoms with E-state index in [1.807, 2.05) is 0 Å². The number of ether oxygens (including phenoxy) is 1. The highest BCUT2D eigenvalue weighted by Crippen LogP contribution is 2.67. The van der Waals surface area contributed by atoms with Gasteiger partial charge in [0.2, 0.25) is 0 Å². The molecule has 2 saturated carbocycles. The van der Waals surface area contributed by atoms with Crippen LogP contribution in [0.3, 0.4) is 0 Å². The van der Waals surface area contributed by atoms with Crippen molar-refractivity contribution in [3.8, 4) is 5.75 Å². The summed E-state index contributed by atoms with van der Waals surface area (Å²) >= 11 is 0. The van der Waals surface area contributed by atoms with Crippen LogP contribution in [0.2, 0.25) is 0 Å². The number of hydrogen-bond acceptors (Lipinski definition) is 3. The van der Waals surface area contributed by atoms with Crippen LogP contribution in [0.4, 0.5) is 0 Å². The van der Waals surface area contributed by atoms with Gasteiger partial charge in [-0.05, 0) is 116 Å². The van der Waals surface area contributed by atoms with Crippen LogP contribution in [0.5, 0.6) is 5.75 Å². The fourth-order valence-electron chi connectivity index (χ4n) is 9.88. The molecule has 4 unspecified atom stereocenters. The summed E-state index contributed by atoms with van der Waals surface area (Å²) in [5.41, 5.74) is 3.66. The zero-order valence-electron chi connectivity index (χ0n) is 25.7. The van der Waals surface area contributed by atoms with Gasteiger partial charge in [-0.25, -0.2) is 0 Å². The van der Waals surface area contributed by atoms with E-state index in [2.05, 4.69) is 55.5 Å². The molecular formula is C38H52O4. The summed E-state index contributed by atoms with van der Waals surface area (Å²) in [6.07, 6.45) is 18.2. The normalized spacial score (nSPS) is 33.1. The van der Waals surface area contributed by atoms with E-state index in [1.54, 1.807) is 5.56 Å². The first-order chi connectivity index (χ1) is 20.4. The lowest BCUT2D eigenvalue weighted by Gasteiger charge is -2.55. The second-order valence-electron chi connectivity index (χ2n) is 14.5. The molecule has 2 N–H and O–H groups in total. The maximum atomic E-state index is 12.4. The molecular weight excluding hydrogens is 520 g/mol. The Kier molecular flexibility index (Phi) is 9.01. The number of hydrogen-bond donors (Lipinski definition) is 2. The van der Waals surface area contributed by atoms with Gasteiger partial charge in [0.25, 0.3) is 0 Å². The Labute approximate surface area is 253 Å². The molecule has 4 nitrogen and oxygen atoms in total. The molecule has 7 aliphatic rings. The van der Waals surface area contributed by atoms with Crippen LogP contribution in [-0.4, -0.2) is 21.8 Å². The smallest absolute Gasteiger partial charge is 0.303 e. The first-order valence-corrected chi connectivity index (χ1v) is 17.2. The number of aliphatic carboxylic acids is 1. The van der Waals surface area contributed by atoms with Crippen molar-refractivity contribution in [1.82, 2.24) is 0 Å². The summed E-state index contributed by atoms with van der Waals surface area (Å²) in [7, 11) is 0. The lowest BCUT2D eigenvalue weighted by Crippen LogP contribution is -2.52. The standard InChI is InChI=1S/C38H52O4/c1-37-22-19-32-31-18-17-30-26-29(31)25-28(15-9-6-4-2-3-5-7-12-16-35(39)40)36(32)33(37)20-23-38(37,41)24-21-34(42-30)27-13-10-8-11-14-27/h8,10-11,13-14,17-18,26,28,32-34,36,41H,2-7,9,12,15-16,19-25H2,1H3,(H,39,40)/t28-,32?,33?,34?,36?,37+,38-/m1/s1. The fourth-order valence-corrected chi connectivity index (χ4v) is 9.88. The number of benzene rings is 2. The van der Waals surface area contributed by atoms with Crippen molar-refractivity contribution in [2.45, 2.75) is 134 Å². The Morgan fingerprint density at radius 3 is 2.36 bits per heavy atom. The molecule has 0 saturated heterocycles. The predicted molar refractivity (Wildman–Crippen MR) is 168 cm³/mol. The number of unbranched alkanes of at least 4 members (excludes halogenated alkanes) is 7. The van der Waals surface area contributed by atoms with Gasteiger partial charge in [0, 0.05) is 6.42 Å². The lowest BCUT2D eigenvalue weighted by molar-refractivity contribution is -0.137. The number of rotatable bonds is 12. The molecule has 0 radical (unpaired) electrons. The van der Waals surface area contributed by atoms with Crippen molar-refractivity contribution in [2.75, 3.05) is 0 Å². The van der Waals surface area contributed by atoms with Crippen molar-refractivity contribution in [3.63, 3.8) is 0 Å². The maximum absolute atomic E-state index is 12.4. The third kappa shape index (κ3) is 5.90. The minimum absolute atomic E-state index is 0.0149. The number of fused-ring (bicyclic) bond motifs is 1. The van der Waals surface area contributed by atoms with Gasteiger partial charge in [0.05, 0.1) is 5.60 Å². The Bertz CT molecular complexity index is 1210. The van der Waals surface area contributed by atoms with Crippen LogP contribution in [0.15, 0.2) is 48.5 Å². The SMILES string of the molecule is C[C@]12CCC3c4ccc5cc4C[C@@H](CCCCCCCCCCC(=O)O)C3C1CC[C@@]2(O)CCC(c1ccccc1)O5. The zero-order chi connectivity index (χ0) is 29.2. The molecule has 0 amide bonds. The van der Waals surface area contributed by atoms with E-state index in [-0.39, 0.29) is 11.5 Å². The summed E-state index contributed by atoms with van der Waals surface area (Å²) in [6, 6.07) is 17.6. The van der Waals surface area contributed by atoms with Crippen LogP contribution in [0.25, 0.3) is 0 Å². The Balaban J connectivity index is 1.18. The van der Waals surface area contributed by atoms with Crippen LogP contribution < -0.4 is 4.74 Å². The molecule has 9 rings (SSSR count). The molecule has 228 valence electrons. The van der Waals surface area contributed by atoms with E-state index in [4.69, 9.17) is 9.84 Å². The van der Waals surface area contributed by atoms with Gasteiger partial charge in [-0.15, -0.1) is 0 Å². The van der Waals surface area contributed by atoms with Crippen molar-refractivity contribution in [2.24, 2.45) is 23.2 Å². The maximum Gasteiger partial charge on any atom is 0.303 e. The largest absolute Gasteiger partial charge is 0.486 e. The second-order valence-corrected chi connectivity index (χ2v) is 14.5. The molecule has 2 fully saturated rings. The minimum atomic E-state index is -0.670. The molecule has 2 aromatic rings. The van der Waals surface area contributed by atoms with E-state index in [1.165, 1.54) is 56.1 Å². The van der Waals surface area contributed by atoms with Gasteiger partial charge in [0.1, 0.15) is 11.9 Å². The molecule has 0 spiro atoms. The topological polar surface area (TPSA) is 66.8 Å². The van der Waals surface area contributed by atoms with Crippen LogP contribution in [-0.2, 0) is 11.2 Å². The molecule has 8 bridgehead atoms. The molecule has 4 aliphatic heterocycles. The zero-order valence-corrected chi connectivity index (χ0v) is 25.7. The number of carboxylic acid groups (broad SMARTS) is 1. The number of carboxylic acids is 1. The summed E-state index contributed by atoms with van der Waals surface area (Å²) < 4.78 is 6.77. The van der Waals surface area contributed by atoms with Gasteiger partial charge in [-0.1, -0.05) is 88.3 Å². The summed E-state index contributed by atoms with van der Waals surface area (Å²) in [5, 5.41) is 21.2. The minimum Gasteiger partial charge on any atom is -0.486 e. The van der Waals surface area contributed by atoms with Crippen molar-refractivity contribution in [3.05, 3.63) is 65.2 Å². The van der Waals surface area contributed by atoms with Gasteiger partial charge in [0.15, 0.2) is 0 Å². The van der Waals surface area contributed by atoms with Crippen LogP contribution in [0, 0.1) is 23.2 Å². The quantitative estimate of drug-likeness (QED) is 0.249.